The Morgan fingerprint density at radius 2 is 0.904 bits per heavy atom. The molecule has 9 heteroatoms. The van der Waals surface area contributed by atoms with E-state index >= 15 is 0 Å². The SMILES string of the molecule is CC/C=C/C/C=C/C/C=C/C/C=C/C/C=C/CCCC(=O)OC[C@H](COP(=O)(O)O)OC(=O)CCC/C=C/C/C=C/C/C=C/C/C=C/CCCCC. The van der Waals surface area contributed by atoms with E-state index in [0.29, 0.717) is 25.7 Å². The largest absolute Gasteiger partial charge is 0.469 e. The normalized spacial score (nSPS) is 13.7. The first-order valence-electron chi connectivity index (χ1n) is 19.2. The molecule has 0 rings (SSSR count). The van der Waals surface area contributed by atoms with Crippen LogP contribution >= 0.6 is 7.82 Å². The van der Waals surface area contributed by atoms with Crippen molar-refractivity contribution in [2.75, 3.05) is 13.2 Å². The predicted octanol–water partition coefficient (Wildman–Crippen LogP) is 11.6. The van der Waals surface area contributed by atoms with Crippen LogP contribution in [0.1, 0.15) is 129 Å². The molecule has 0 unspecified atom stereocenters. The van der Waals surface area contributed by atoms with Crippen LogP contribution in [0, 0.1) is 0 Å². The van der Waals surface area contributed by atoms with Crippen molar-refractivity contribution in [3.05, 3.63) is 109 Å². The highest BCUT2D eigenvalue weighted by atomic mass is 31.2. The van der Waals surface area contributed by atoms with Gasteiger partial charge in [-0.15, -0.1) is 0 Å². The van der Waals surface area contributed by atoms with Crippen LogP contribution in [0.3, 0.4) is 0 Å². The van der Waals surface area contributed by atoms with Gasteiger partial charge >= 0.3 is 19.8 Å². The Bertz CT molecular complexity index is 1200. The standard InChI is InChI=1S/C43H67O8P/c1-3-5-7-9-11-13-15-17-19-21-23-25-27-29-31-33-35-37-42(44)49-39-41(40-50-52(46,47)48)51-43(45)38-36-34-32-30-28-26-24-22-20-18-16-14-12-10-8-6-4-2/h5,7,11-14,17-20,23-26,29-32,41H,3-4,6,8-10,15-16,21-22,27-28,33-40H2,1-2H3,(H2,46,47,48)/b7-5+,13-11+,14-12+,19-17+,20-18+,25-23+,26-24+,31-29+,32-30+/t41-/m1/s1. The molecule has 8 nitrogen and oxygen atoms in total. The minimum Gasteiger partial charge on any atom is -0.462 e. The molecule has 0 saturated heterocycles. The Balaban J connectivity index is 4.20. The predicted molar refractivity (Wildman–Crippen MR) is 216 cm³/mol. The number of ether oxygens (including phenoxy) is 2. The van der Waals surface area contributed by atoms with Crippen LogP contribution in [0.5, 0.6) is 0 Å². The lowest BCUT2D eigenvalue weighted by atomic mass is 10.2. The molecule has 0 amide bonds. The van der Waals surface area contributed by atoms with Gasteiger partial charge in [0.1, 0.15) is 6.61 Å². The number of allylic oxidation sites excluding steroid dienone is 18. The number of esters is 2. The zero-order valence-corrected chi connectivity index (χ0v) is 32.8. The Labute approximate surface area is 315 Å². The average molecular weight is 743 g/mol. The van der Waals surface area contributed by atoms with E-state index in [0.717, 1.165) is 57.8 Å². The highest BCUT2D eigenvalue weighted by Crippen LogP contribution is 2.35. The smallest absolute Gasteiger partial charge is 0.462 e. The number of rotatable bonds is 33. The molecule has 0 aliphatic rings. The minimum atomic E-state index is -4.79. The van der Waals surface area contributed by atoms with Crippen LogP contribution in [0.25, 0.3) is 0 Å². The molecule has 1 atom stereocenters. The fourth-order valence-corrected chi connectivity index (χ4v) is 4.82. The van der Waals surface area contributed by atoms with Gasteiger partial charge < -0.3 is 19.3 Å². The maximum atomic E-state index is 12.4. The van der Waals surface area contributed by atoms with E-state index in [1.54, 1.807) is 0 Å². The lowest BCUT2D eigenvalue weighted by molar-refractivity contribution is -0.161. The van der Waals surface area contributed by atoms with Crippen molar-refractivity contribution in [1.82, 2.24) is 0 Å². The molecule has 0 bridgehead atoms. The van der Waals surface area contributed by atoms with Crippen LogP contribution in [0.15, 0.2) is 109 Å². The van der Waals surface area contributed by atoms with E-state index in [1.807, 2.05) is 18.2 Å². The van der Waals surface area contributed by atoms with Crippen molar-refractivity contribution in [2.24, 2.45) is 0 Å². The number of unbranched alkanes of at least 4 members (excludes halogenated alkanes) is 5. The third-order valence-corrected chi connectivity index (χ3v) is 7.76. The van der Waals surface area contributed by atoms with Gasteiger partial charge in [0.25, 0.3) is 0 Å². The first-order valence-corrected chi connectivity index (χ1v) is 20.7. The van der Waals surface area contributed by atoms with Crippen LogP contribution in [0.4, 0.5) is 0 Å². The van der Waals surface area contributed by atoms with E-state index in [9.17, 15) is 14.2 Å². The third kappa shape index (κ3) is 39.5. The topological polar surface area (TPSA) is 119 Å². The summed E-state index contributed by atoms with van der Waals surface area (Å²) >= 11 is 0. The van der Waals surface area contributed by atoms with Crippen molar-refractivity contribution >= 4 is 19.8 Å². The number of hydrogen-bond donors (Lipinski definition) is 2. The lowest BCUT2D eigenvalue weighted by Crippen LogP contribution is -2.29. The molecular formula is C43H67O8P. The maximum absolute atomic E-state index is 12.4. The average Bonchev–Trinajstić information content (AvgIpc) is 3.11. The van der Waals surface area contributed by atoms with E-state index in [1.165, 1.54) is 19.3 Å². The third-order valence-electron chi connectivity index (χ3n) is 7.28. The van der Waals surface area contributed by atoms with Crippen molar-refractivity contribution in [1.29, 1.82) is 0 Å². The van der Waals surface area contributed by atoms with Gasteiger partial charge in [-0.2, -0.15) is 0 Å². The molecule has 0 heterocycles. The highest BCUT2D eigenvalue weighted by Gasteiger charge is 2.22. The molecule has 0 aromatic carbocycles. The molecule has 0 saturated carbocycles. The van der Waals surface area contributed by atoms with Gasteiger partial charge in [0.05, 0.1) is 6.61 Å². The minimum absolute atomic E-state index is 0.117. The summed E-state index contributed by atoms with van der Waals surface area (Å²) in [6.07, 6.45) is 52.5. The molecule has 0 aromatic heterocycles. The van der Waals surface area contributed by atoms with E-state index in [2.05, 4.69) is 110 Å². The summed E-state index contributed by atoms with van der Waals surface area (Å²) in [4.78, 5) is 42.7. The Kier molecular flexibility index (Phi) is 35.1. The molecule has 52 heavy (non-hydrogen) atoms. The second kappa shape index (κ2) is 37.5. The Morgan fingerprint density at radius 1 is 0.519 bits per heavy atom. The highest BCUT2D eigenvalue weighted by molar-refractivity contribution is 7.46. The Hall–Kier alpha value is -3.29. The number of carbonyl (C=O) groups is 2. The van der Waals surface area contributed by atoms with Crippen molar-refractivity contribution in [3.63, 3.8) is 0 Å². The molecule has 2 N–H and O–H groups in total. The lowest BCUT2D eigenvalue weighted by Gasteiger charge is -2.18. The molecule has 0 radical (unpaired) electrons. The summed E-state index contributed by atoms with van der Waals surface area (Å²) < 4.78 is 26.2. The van der Waals surface area contributed by atoms with Crippen molar-refractivity contribution < 1.29 is 37.9 Å². The van der Waals surface area contributed by atoms with E-state index in [-0.39, 0.29) is 19.4 Å². The quantitative estimate of drug-likeness (QED) is 0.0295. The van der Waals surface area contributed by atoms with Gasteiger partial charge in [-0.3, -0.25) is 14.1 Å². The Morgan fingerprint density at radius 3 is 1.31 bits per heavy atom. The maximum Gasteiger partial charge on any atom is 0.469 e. The van der Waals surface area contributed by atoms with Crippen molar-refractivity contribution in [3.8, 4) is 0 Å². The fourth-order valence-electron chi connectivity index (χ4n) is 4.46. The summed E-state index contributed by atoms with van der Waals surface area (Å²) in [6.45, 7) is 3.42. The second-order valence-corrected chi connectivity index (χ2v) is 13.4. The molecule has 0 aliphatic carbocycles. The van der Waals surface area contributed by atoms with Crippen LogP contribution < -0.4 is 0 Å². The molecule has 0 aromatic rings. The first-order chi connectivity index (χ1) is 25.3. The van der Waals surface area contributed by atoms with Crippen LogP contribution in [-0.4, -0.2) is 41.0 Å². The monoisotopic (exact) mass is 742 g/mol. The van der Waals surface area contributed by atoms with Gasteiger partial charge in [-0.1, -0.05) is 136 Å². The van der Waals surface area contributed by atoms with E-state index in [4.69, 9.17) is 19.3 Å². The van der Waals surface area contributed by atoms with Crippen molar-refractivity contribution in [2.45, 2.75) is 136 Å². The van der Waals surface area contributed by atoms with Gasteiger partial charge in [0.15, 0.2) is 6.10 Å². The van der Waals surface area contributed by atoms with Gasteiger partial charge in [-0.25, -0.2) is 4.57 Å². The van der Waals surface area contributed by atoms with Gasteiger partial charge in [-0.05, 0) is 89.9 Å². The zero-order chi connectivity index (χ0) is 38.2. The number of phosphoric ester groups is 1. The molecule has 292 valence electrons. The summed E-state index contributed by atoms with van der Waals surface area (Å²) in [5, 5.41) is 0. The summed E-state index contributed by atoms with van der Waals surface area (Å²) in [6, 6.07) is 0. The van der Waals surface area contributed by atoms with E-state index < -0.39 is 32.5 Å². The molecule has 0 spiro atoms. The van der Waals surface area contributed by atoms with Gasteiger partial charge in [0, 0.05) is 12.8 Å². The summed E-state index contributed by atoms with van der Waals surface area (Å²) in [7, 11) is -4.79. The number of carbonyl (C=O) groups excluding carboxylic acids is 2. The first kappa shape index (κ1) is 48.7. The summed E-state index contributed by atoms with van der Waals surface area (Å²) in [5.41, 5.74) is 0. The van der Waals surface area contributed by atoms with Crippen LogP contribution in [-0.2, 0) is 28.2 Å². The zero-order valence-electron chi connectivity index (χ0n) is 31.9. The molecule has 0 aliphatic heterocycles. The number of hydrogen-bond acceptors (Lipinski definition) is 6. The molecular weight excluding hydrogens is 675 g/mol. The number of phosphoric acid groups is 1. The fraction of sp³-hybridized carbons (Fsp3) is 0.535. The van der Waals surface area contributed by atoms with Crippen LogP contribution in [0.2, 0.25) is 0 Å². The van der Waals surface area contributed by atoms with Gasteiger partial charge in [0.2, 0.25) is 0 Å². The second-order valence-electron chi connectivity index (χ2n) is 12.2. The summed E-state index contributed by atoms with van der Waals surface area (Å²) in [5.74, 6) is -1.03. The molecule has 0 fully saturated rings.